The first kappa shape index (κ1) is 14.3. The predicted molar refractivity (Wildman–Crippen MR) is 84.1 cm³/mol. The van der Waals surface area contributed by atoms with Gasteiger partial charge < -0.3 is 14.3 Å². The molecule has 0 bridgehead atoms. The Kier molecular flexibility index (Phi) is 3.88. The number of hydrogen-bond acceptors (Lipinski definition) is 5. The lowest BCUT2D eigenvalue weighted by molar-refractivity contribution is 0.102. The van der Waals surface area contributed by atoms with Gasteiger partial charge in [-0.25, -0.2) is 4.98 Å². The molecule has 3 aromatic heterocycles. The Balaban J connectivity index is 1.79. The summed E-state index contributed by atoms with van der Waals surface area (Å²) >= 11 is 1.34. The summed E-state index contributed by atoms with van der Waals surface area (Å²) in [6.07, 6.45) is 3.17. The summed E-state index contributed by atoms with van der Waals surface area (Å²) in [6.45, 7) is 2.41. The number of aryl methyl sites for hydroxylation is 1. The molecule has 22 heavy (non-hydrogen) atoms. The number of amides is 1. The number of aromatic nitrogens is 2. The van der Waals surface area contributed by atoms with E-state index in [-0.39, 0.29) is 11.5 Å². The molecular formula is C15H13N3O3S. The lowest BCUT2D eigenvalue weighted by Crippen LogP contribution is -2.19. The van der Waals surface area contributed by atoms with Crippen molar-refractivity contribution in [2.24, 2.45) is 0 Å². The molecule has 0 saturated heterocycles. The van der Waals surface area contributed by atoms with Crippen LogP contribution in [-0.4, -0.2) is 15.5 Å². The van der Waals surface area contributed by atoms with Gasteiger partial charge in [0.15, 0.2) is 10.8 Å². The minimum atomic E-state index is -0.324. The standard InChI is InChI=1S/C15H13N3O3S/c1-2-18-8-10(5-6-13(18)19)16-14(20)11-9-22-15(17-11)12-4-3-7-21-12/h3-9H,2H2,1H3,(H,16,20). The van der Waals surface area contributed by atoms with E-state index in [1.54, 1.807) is 36.0 Å². The highest BCUT2D eigenvalue weighted by Crippen LogP contribution is 2.24. The average molecular weight is 315 g/mol. The number of thiazole rings is 1. The summed E-state index contributed by atoms with van der Waals surface area (Å²) in [5, 5.41) is 5.05. The number of nitrogens with one attached hydrogen (secondary N) is 1. The highest BCUT2D eigenvalue weighted by molar-refractivity contribution is 7.13. The highest BCUT2D eigenvalue weighted by Gasteiger charge is 2.13. The van der Waals surface area contributed by atoms with Crippen molar-refractivity contribution in [1.82, 2.24) is 9.55 Å². The van der Waals surface area contributed by atoms with E-state index in [0.717, 1.165) is 0 Å². The normalized spacial score (nSPS) is 10.6. The zero-order chi connectivity index (χ0) is 15.5. The average Bonchev–Trinajstić information content (AvgIpc) is 3.19. The molecule has 3 rings (SSSR count). The summed E-state index contributed by atoms with van der Waals surface area (Å²) in [5.41, 5.74) is 0.763. The van der Waals surface area contributed by atoms with Crippen molar-refractivity contribution < 1.29 is 9.21 Å². The van der Waals surface area contributed by atoms with Gasteiger partial charge >= 0.3 is 0 Å². The summed E-state index contributed by atoms with van der Waals surface area (Å²) in [4.78, 5) is 28.0. The van der Waals surface area contributed by atoms with Crippen LogP contribution in [0.2, 0.25) is 0 Å². The van der Waals surface area contributed by atoms with Crippen LogP contribution in [0.15, 0.2) is 51.3 Å². The third-order valence-electron chi connectivity index (χ3n) is 3.05. The molecular weight excluding hydrogens is 302 g/mol. The van der Waals surface area contributed by atoms with Gasteiger partial charge in [-0.1, -0.05) is 0 Å². The lowest BCUT2D eigenvalue weighted by Gasteiger charge is -2.06. The summed E-state index contributed by atoms with van der Waals surface area (Å²) in [7, 11) is 0. The van der Waals surface area contributed by atoms with Crippen molar-refractivity contribution in [2.75, 3.05) is 5.32 Å². The van der Waals surface area contributed by atoms with Crippen molar-refractivity contribution in [1.29, 1.82) is 0 Å². The largest absolute Gasteiger partial charge is 0.462 e. The molecule has 112 valence electrons. The Bertz CT molecular complexity index is 849. The minimum absolute atomic E-state index is 0.103. The molecule has 0 saturated carbocycles. The number of anilines is 1. The van der Waals surface area contributed by atoms with E-state index in [0.29, 0.717) is 28.7 Å². The number of pyridine rings is 1. The summed E-state index contributed by atoms with van der Waals surface area (Å²) < 4.78 is 6.77. The van der Waals surface area contributed by atoms with E-state index in [1.165, 1.54) is 22.0 Å². The van der Waals surface area contributed by atoms with Crippen LogP contribution in [0.3, 0.4) is 0 Å². The van der Waals surface area contributed by atoms with E-state index in [1.807, 2.05) is 6.92 Å². The first-order chi connectivity index (χ1) is 10.7. The van der Waals surface area contributed by atoms with Crippen LogP contribution < -0.4 is 10.9 Å². The maximum Gasteiger partial charge on any atom is 0.275 e. The van der Waals surface area contributed by atoms with Gasteiger partial charge in [0, 0.05) is 24.2 Å². The molecule has 0 fully saturated rings. The van der Waals surface area contributed by atoms with Gasteiger partial charge in [0.25, 0.3) is 11.5 Å². The number of hydrogen-bond donors (Lipinski definition) is 1. The summed E-state index contributed by atoms with van der Waals surface area (Å²) in [6, 6.07) is 6.56. The zero-order valence-corrected chi connectivity index (χ0v) is 12.6. The number of furan rings is 1. The lowest BCUT2D eigenvalue weighted by atomic mass is 10.3. The molecule has 3 aromatic rings. The first-order valence-electron chi connectivity index (χ1n) is 6.68. The van der Waals surface area contributed by atoms with Gasteiger partial charge in [0.05, 0.1) is 12.0 Å². The fraction of sp³-hybridized carbons (Fsp3) is 0.133. The van der Waals surface area contributed by atoms with Crippen LogP contribution in [0.5, 0.6) is 0 Å². The second-order valence-electron chi connectivity index (χ2n) is 4.51. The Morgan fingerprint density at radius 3 is 3.00 bits per heavy atom. The van der Waals surface area contributed by atoms with Crippen LogP contribution in [-0.2, 0) is 6.54 Å². The Morgan fingerprint density at radius 1 is 1.41 bits per heavy atom. The van der Waals surface area contributed by atoms with Crippen molar-refractivity contribution >= 4 is 22.9 Å². The zero-order valence-electron chi connectivity index (χ0n) is 11.8. The van der Waals surface area contributed by atoms with Gasteiger partial charge in [0.1, 0.15) is 5.69 Å². The topological polar surface area (TPSA) is 77.1 Å². The van der Waals surface area contributed by atoms with Crippen molar-refractivity contribution in [3.05, 3.63) is 58.2 Å². The van der Waals surface area contributed by atoms with Crippen molar-refractivity contribution in [2.45, 2.75) is 13.5 Å². The Morgan fingerprint density at radius 2 is 2.27 bits per heavy atom. The molecule has 0 unspecified atom stereocenters. The third-order valence-corrected chi connectivity index (χ3v) is 3.91. The second kappa shape index (κ2) is 5.98. The third kappa shape index (κ3) is 2.84. The molecule has 0 spiro atoms. The SMILES string of the molecule is CCn1cc(NC(=O)c2csc(-c3ccco3)n2)ccc1=O. The molecule has 0 radical (unpaired) electrons. The number of carbonyl (C=O) groups excluding carboxylic acids is 1. The Labute approximate surface area is 130 Å². The van der Waals surface area contributed by atoms with Crippen molar-refractivity contribution in [3.63, 3.8) is 0 Å². The smallest absolute Gasteiger partial charge is 0.275 e. The predicted octanol–water partition coefficient (Wildman–Crippen LogP) is 2.84. The minimum Gasteiger partial charge on any atom is -0.462 e. The van der Waals surface area contributed by atoms with E-state index in [9.17, 15) is 9.59 Å². The molecule has 1 amide bonds. The number of carbonyl (C=O) groups is 1. The molecule has 6 nitrogen and oxygen atoms in total. The van der Waals surface area contributed by atoms with E-state index >= 15 is 0 Å². The maximum absolute atomic E-state index is 12.2. The fourth-order valence-electron chi connectivity index (χ4n) is 1.94. The molecule has 0 atom stereocenters. The molecule has 7 heteroatoms. The fourth-order valence-corrected chi connectivity index (χ4v) is 2.71. The number of nitrogens with zero attached hydrogens (tertiary/aromatic N) is 2. The van der Waals surface area contributed by atoms with E-state index in [2.05, 4.69) is 10.3 Å². The molecule has 0 aliphatic rings. The highest BCUT2D eigenvalue weighted by atomic mass is 32.1. The Hall–Kier alpha value is -2.67. The monoisotopic (exact) mass is 315 g/mol. The quantitative estimate of drug-likeness (QED) is 0.803. The van der Waals surface area contributed by atoms with Crippen LogP contribution in [0.1, 0.15) is 17.4 Å². The molecule has 0 aromatic carbocycles. The van der Waals surface area contributed by atoms with Gasteiger partial charge in [-0.05, 0) is 25.1 Å². The summed E-state index contributed by atoms with van der Waals surface area (Å²) in [5.74, 6) is 0.305. The second-order valence-corrected chi connectivity index (χ2v) is 5.37. The van der Waals surface area contributed by atoms with E-state index in [4.69, 9.17) is 4.42 Å². The van der Waals surface area contributed by atoms with Gasteiger partial charge in [-0.15, -0.1) is 11.3 Å². The van der Waals surface area contributed by atoms with Crippen molar-refractivity contribution in [3.8, 4) is 10.8 Å². The molecule has 1 N–H and O–H groups in total. The maximum atomic E-state index is 12.2. The molecule has 3 heterocycles. The van der Waals surface area contributed by atoms with Crippen LogP contribution in [0.25, 0.3) is 10.8 Å². The van der Waals surface area contributed by atoms with Crippen LogP contribution in [0, 0.1) is 0 Å². The van der Waals surface area contributed by atoms with Gasteiger partial charge in [-0.3, -0.25) is 9.59 Å². The van der Waals surface area contributed by atoms with E-state index < -0.39 is 0 Å². The van der Waals surface area contributed by atoms with Gasteiger partial charge in [0.2, 0.25) is 0 Å². The molecule has 0 aliphatic heterocycles. The first-order valence-corrected chi connectivity index (χ1v) is 7.56. The molecule has 0 aliphatic carbocycles. The van der Waals surface area contributed by atoms with Crippen LogP contribution >= 0.6 is 11.3 Å². The van der Waals surface area contributed by atoms with Gasteiger partial charge in [-0.2, -0.15) is 0 Å². The van der Waals surface area contributed by atoms with Crippen LogP contribution in [0.4, 0.5) is 5.69 Å². The number of rotatable bonds is 4.